The second-order valence-electron chi connectivity index (χ2n) is 4.11. The molecule has 0 spiro atoms. The second kappa shape index (κ2) is 3.94. The number of nitrogens with zero attached hydrogens (tertiary/aromatic N) is 1. The SMILES string of the molecule is FC(F)(F)c1cccc2c1C1=CC(I)=CCC1=N2. The Kier molecular flexibility index (Phi) is 2.62. The van der Waals surface area contributed by atoms with E-state index in [0.29, 0.717) is 17.7 Å². The van der Waals surface area contributed by atoms with E-state index in [1.807, 2.05) is 6.08 Å². The fourth-order valence-corrected chi connectivity index (χ4v) is 2.74. The van der Waals surface area contributed by atoms with Crippen LogP contribution in [0.5, 0.6) is 0 Å². The number of benzene rings is 1. The van der Waals surface area contributed by atoms with Gasteiger partial charge in [0.15, 0.2) is 0 Å². The molecule has 1 aliphatic heterocycles. The Morgan fingerprint density at radius 2 is 2.00 bits per heavy atom. The van der Waals surface area contributed by atoms with Crippen LogP contribution in [0.2, 0.25) is 0 Å². The van der Waals surface area contributed by atoms with E-state index in [-0.39, 0.29) is 5.56 Å². The largest absolute Gasteiger partial charge is 0.417 e. The molecule has 3 rings (SSSR count). The summed E-state index contributed by atoms with van der Waals surface area (Å²) in [5, 5.41) is 0. The van der Waals surface area contributed by atoms with Crippen molar-refractivity contribution in [1.82, 2.24) is 0 Å². The van der Waals surface area contributed by atoms with Gasteiger partial charge < -0.3 is 0 Å². The van der Waals surface area contributed by atoms with Gasteiger partial charge in [-0.25, -0.2) is 0 Å². The molecule has 0 radical (unpaired) electrons. The van der Waals surface area contributed by atoms with Crippen LogP contribution in [0, 0.1) is 0 Å². The summed E-state index contributed by atoms with van der Waals surface area (Å²) in [4.78, 5) is 4.28. The van der Waals surface area contributed by atoms with Crippen molar-refractivity contribution in [2.45, 2.75) is 12.6 Å². The Morgan fingerprint density at radius 1 is 1.22 bits per heavy atom. The molecule has 92 valence electrons. The fraction of sp³-hybridized carbons (Fsp3) is 0.154. The molecule has 0 bridgehead atoms. The molecule has 1 aromatic carbocycles. The van der Waals surface area contributed by atoms with Crippen LogP contribution in [-0.2, 0) is 6.18 Å². The first kappa shape index (κ1) is 12.0. The molecular formula is C13H7F3IN. The van der Waals surface area contributed by atoms with Crippen molar-refractivity contribution in [2.75, 3.05) is 0 Å². The molecule has 1 nitrogen and oxygen atoms in total. The van der Waals surface area contributed by atoms with Gasteiger partial charge in [-0.2, -0.15) is 13.2 Å². The van der Waals surface area contributed by atoms with Gasteiger partial charge >= 0.3 is 6.18 Å². The third-order valence-corrected chi connectivity index (χ3v) is 3.71. The maximum absolute atomic E-state index is 13.0. The van der Waals surface area contributed by atoms with E-state index in [4.69, 9.17) is 0 Å². The standard InChI is InChI=1S/C13H7F3IN/c14-13(15,16)9-2-1-3-11-12(9)8-6-7(17)4-5-10(8)18-11/h1-4,6H,5H2. The van der Waals surface area contributed by atoms with E-state index in [9.17, 15) is 13.2 Å². The summed E-state index contributed by atoms with van der Waals surface area (Å²) in [6.45, 7) is 0. The Morgan fingerprint density at radius 3 is 2.72 bits per heavy atom. The summed E-state index contributed by atoms with van der Waals surface area (Å²) in [7, 11) is 0. The molecule has 0 atom stereocenters. The lowest BCUT2D eigenvalue weighted by molar-refractivity contribution is -0.137. The zero-order chi connectivity index (χ0) is 12.9. The highest BCUT2D eigenvalue weighted by atomic mass is 127. The summed E-state index contributed by atoms with van der Waals surface area (Å²) in [5.41, 5.74) is 1.39. The molecule has 1 aliphatic carbocycles. The first-order valence-corrected chi connectivity index (χ1v) is 6.40. The van der Waals surface area contributed by atoms with Gasteiger partial charge in [0, 0.05) is 21.1 Å². The topological polar surface area (TPSA) is 12.4 Å². The Labute approximate surface area is 115 Å². The molecule has 18 heavy (non-hydrogen) atoms. The Hall–Kier alpha value is -1.11. The second-order valence-corrected chi connectivity index (χ2v) is 5.35. The van der Waals surface area contributed by atoms with E-state index < -0.39 is 11.7 Å². The third-order valence-electron chi connectivity index (χ3n) is 2.96. The molecule has 0 saturated heterocycles. The maximum atomic E-state index is 13.0. The molecular weight excluding hydrogens is 354 g/mol. The molecule has 0 unspecified atom stereocenters. The van der Waals surface area contributed by atoms with Crippen molar-refractivity contribution >= 4 is 39.6 Å². The summed E-state index contributed by atoms with van der Waals surface area (Å²) in [5.74, 6) is 0. The first-order valence-electron chi connectivity index (χ1n) is 5.32. The van der Waals surface area contributed by atoms with Crippen LogP contribution in [0.4, 0.5) is 18.9 Å². The number of alkyl halides is 3. The van der Waals surface area contributed by atoms with Crippen molar-refractivity contribution in [1.29, 1.82) is 0 Å². The lowest BCUT2D eigenvalue weighted by atomic mass is 9.93. The molecule has 1 heterocycles. The molecule has 1 aromatic rings. The highest BCUT2D eigenvalue weighted by molar-refractivity contribution is 14.1. The average molecular weight is 361 g/mol. The molecule has 0 aromatic heterocycles. The van der Waals surface area contributed by atoms with Gasteiger partial charge in [0.2, 0.25) is 0 Å². The number of fused-ring (bicyclic) bond motifs is 3. The predicted octanol–water partition coefficient (Wildman–Crippen LogP) is 4.90. The van der Waals surface area contributed by atoms with Gasteiger partial charge in [0.05, 0.1) is 17.0 Å². The van der Waals surface area contributed by atoms with E-state index in [1.54, 1.807) is 12.1 Å². The summed E-state index contributed by atoms with van der Waals surface area (Å²) < 4.78 is 40.0. The zero-order valence-electron chi connectivity index (χ0n) is 9.05. The number of hydrogen-bond acceptors (Lipinski definition) is 1. The van der Waals surface area contributed by atoms with Gasteiger partial charge in [-0.1, -0.05) is 12.1 Å². The third kappa shape index (κ3) is 1.81. The van der Waals surface area contributed by atoms with E-state index in [2.05, 4.69) is 27.6 Å². The molecule has 5 heteroatoms. The highest BCUT2D eigenvalue weighted by Crippen LogP contribution is 2.45. The van der Waals surface area contributed by atoms with Gasteiger partial charge in [0.1, 0.15) is 0 Å². The number of allylic oxidation sites excluding steroid dienone is 4. The smallest absolute Gasteiger partial charge is 0.252 e. The normalized spacial score (nSPS) is 17.7. The van der Waals surface area contributed by atoms with Crippen molar-refractivity contribution in [3.05, 3.63) is 45.1 Å². The van der Waals surface area contributed by atoms with Crippen molar-refractivity contribution in [3.63, 3.8) is 0 Å². The van der Waals surface area contributed by atoms with Crippen LogP contribution in [0.25, 0.3) is 5.57 Å². The van der Waals surface area contributed by atoms with Gasteiger partial charge in [0.25, 0.3) is 0 Å². The molecule has 0 amide bonds. The predicted molar refractivity (Wildman–Crippen MR) is 73.2 cm³/mol. The lowest BCUT2D eigenvalue weighted by Gasteiger charge is -2.14. The van der Waals surface area contributed by atoms with Gasteiger partial charge in [-0.3, -0.25) is 4.99 Å². The molecule has 2 aliphatic rings. The van der Waals surface area contributed by atoms with Crippen LogP contribution in [0.15, 0.2) is 38.9 Å². The van der Waals surface area contributed by atoms with E-state index in [1.165, 1.54) is 6.07 Å². The Bertz CT molecular complexity index is 624. The number of rotatable bonds is 0. The summed E-state index contributed by atoms with van der Waals surface area (Å²) >= 11 is 2.11. The minimum Gasteiger partial charge on any atom is -0.252 e. The minimum absolute atomic E-state index is 0.224. The number of halogens is 4. The first-order chi connectivity index (χ1) is 8.47. The van der Waals surface area contributed by atoms with Crippen LogP contribution >= 0.6 is 22.6 Å². The van der Waals surface area contributed by atoms with Crippen LogP contribution < -0.4 is 0 Å². The summed E-state index contributed by atoms with van der Waals surface area (Å²) in [6, 6.07) is 4.15. The number of aliphatic imine (C=N–C) groups is 1. The van der Waals surface area contributed by atoms with Crippen molar-refractivity contribution in [2.24, 2.45) is 4.99 Å². The molecule has 0 N–H and O–H groups in total. The quantitative estimate of drug-likeness (QED) is 0.583. The Balaban J connectivity index is 2.25. The van der Waals surface area contributed by atoms with Gasteiger partial charge in [-0.15, -0.1) is 0 Å². The van der Waals surface area contributed by atoms with E-state index in [0.717, 1.165) is 15.4 Å². The van der Waals surface area contributed by atoms with E-state index >= 15 is 0 Å². The molecule has 0 saturated carbocycles. The lowest BCUT2D eigenvalue weighted by Crippen LogP contribution is -2.10. The number of hydrogen-bond donors (Lipinski definition) is 0. The minimum atomic E-state index is -4.34. The zero-order valence-corrected chi connectivity index (χ0v) is 11.2. The fourth-order valence-electron chi connectivity index (χ4n) is 2.20. The van der Waals surface area contributed by atoms with Crippen LogP contribution in [0.3, 0.4) is 0 Å². The van der Waals surface area contributed by atoms with Crippen LogP contribution in [-0.4, -0.2) is 5.71 Å². The molecule has 0 fully saturated rings. The van der Waals surface area contributed by atoms with Crippen molar-refractivity contribution < 1.29 is 13.2 Å². The summed E-state index contributed by atoms with van der Waals surface area (Å²) in [6.07, 6.45) is -0.0220. The highest BCUT2D eigenvalue weighted by Gasteiger charge is 2.37. The van der Waals surface area contributed by atoms with Gasteiger partial charge in [-0.05, 0) is 40.8 Å². The average Bonchev–Trinajstić information content (AvgIpc) is 2.65. The van der Waals surface area contributed by atoms with Crippen LogP contribution in [0.1, 0.15) is 17.5 Å². The van der Waals surface area contributed by atoms with Crippen molar-refractivity contribution in [3.8, 4) is 0 Å². The monoisotopic (exact) mass is 361 g/mol. The maximum Gasteiger partial charge on any atom is 0.417 e.